The fourth-order valence-corrected chi connectivity index (χ4v) is 3.33. The van der Waals surface area contributed by atoms with Crippen LogP contribution in [-0.4, -0.2) is 47.4 Å². The number of piperazine rings is 1. The van der Waals surface area contributed by atoms with Crippen LogP contribution in [0.15, 0.2) is 48.5 Å². The number of hydrogen-bond acceptors (Lipinski definition) is 3. The predicted octanol–water partition coefficient (Wildman–Crippen LogP) is 3.71. The number of benzene rings is 2. The Bertz CT molecular complexity index is 837. The number of carbonyl (C=O) groups is 2. The van der Waals surface area contributed by atoms with Crippen LogP contribution in [0.1, 0.15) is 25.0 Å². The van der Waals surface area contributed by atoms with Crippen molar-refractivity contribution in [3.63, 3.8) is 0 Å². The maximum atomic E-state index is 12.3. The fourth-order valence-electron chi connectivity index (χ4n) is 3.21. The maximum absolute atomic E-state index is 12.3. The quantitative estimate of drug-likeness (QED) is 0.757. The van der Waals surface area contributed by atoms with Crippen LogP contribution in [0.25, 0.3) is 0 Å². The molecule has 0 spiro atoms. The van der Waals surface area contributed by atoms with E-state index in [2.05, 4.69) is 29.4 Å². The average molecular weight is 415 g/mol. The molecule has 2 aromatic carbocycles. The maximum Gasteiger partial charge on any atom is 0.319 e. The topological polar surface area (TPSA) is 64.7 Å². The molecule has 0 aromatic heterocycles. The summed E-state index contributed by atoms with van der Waals surface area (Å²) in [6.07, 6.45) is 0. The van der Waals surface area contributed by atoms with Crippen molar-refractivity contribution in [3.05, 3.63) is 64.7 Å². The third kappa shape index (κ3) is 6.21. The van der Waals surface area contributed by atoms with E-state index in [1.165, 1.54) is 0 Å². The lowest BCUT2D eigenvalue weighted by Gasteiger charge is -2.36. The highest BCUT2D eigenvalue weighted by molar-refractivity contribution is 6.30. The first kappa shape index (κ1) is 21.1. The first-order valence-corrected chi connectivity index (χ1v) is 10.2. The second-order valence-electron chi connectivity index (χ2n) is 7.51. The second kappa shape index (κ2) is 9.76. The molecular formula is C22H27ClN4O2. The standard InChI is InChI=1S/C22H27ClN4O2/c1-16(2)26-11-12-27(21(28)15-26)14-18-5-9-20(10-6-18)25-22(29)24-13-17-3-7-19(23)8-4-17/h3-10,16H,11-15H2,1-2H3,(H2,24,25,29). The van der Waals surface area contributed by atoms with E-state index in [-0.39, 0.29) is 11.9 Å². The molecule has 0 radical (unpaired) electrons. The van der Waals surface area contributed by atoms with E-state index in [9.17, 15) is 9.59 Å². The van der Waals surface area contributed by atoms with Crippen LogP contribution in [0.3, 0.4) is 0 Å². The molecule has 3 amide bonds. The van der Waals surface area contributed by atoms with Gasteiger partial charge in [-0.2, -0.15) is 0 Å². The molecule has 1 fully saturated rings. The van der Waals surface area contributed by atoms with Crippen molar-refractivity contribution in [1.29, 1.82) is 0 Å². The van der Waals surface area contributed by atoms with Crippen LogP contribution < -0.4 is 10.6 Å². The normalized spacial score (nSPS) is 14.9. The van der Waals surface area contributed by atoms with Crippen LogP contribution in [0.5, 0.6) is 0 Å². The average Bonchev–Trinajstić information content (AvgIpc) is 2.70. The highest BCUT2D eigenvalue weighted by atomic mass is 35.5. The van der Waals surface area contributed by atoms with Crippen LogP contribution in [0.2, 0.25) is 5.02 Å². The molecule has 1 saturated heterocycles. The SMILES string of the molecule is CC(C)N1CCN(Cc2ccc(NC(=O)NCc3ccc(Cl)cc3)cc2)C(=O)C1. The molecule has 0 bridgehead atoms. The van der Waals surface area contributed by atoms with Crippen molar-refractivity contribution < 1.29 is 9.59 Å². The van der Waals surface area contributed by atoms with Gasteiger partial charge < -0.3 is 15.5 Å². The number of nitrogens with one attached hydrogen (secondary N) is 2. The summed E-state index contributed by atoms with van der Waals surface area (Å²) in [6, 6.07) is 15.0. The lowest BCUT2D eigenvalue weighted by molar-refractivity contribution is -0.137. The van der Waals surface area contributed by atoms with Crippen molar-refractivity contribution in [2.75, 3.05) is 25.0 Å². The number of nitrogens with zero attached hydrogens (tertiary/aromatic N) is 2. The fraction of sp³-hybridized carbons (Fsp3) is 0.364. The number of hydrogen-bond donors (Lipinski definition) is 2. The minimum atomic E-state index is -0.271. The molecule has 1 aliphatic heterocycles. The van der Waals surface area contributed by atoms with Gasteiger partial charge in [-0.1, -0.05) is 35.9 Å². The number of rotatable bonds is 6. The molecule has 2 N–H and O–H groups in total. The van der Waals surface area contributed by atoms with E-state index in [1.807, 2.05) is 41.3 Å². The van der Waals surface area contributed by atoms with Gasteiger partial charge in [0.25, 0.3) is 0 Å². The monoisotopic (exact) mass is 414 g/mol. The van der Waals surface area contributed by atoms with Crippen molar-refractivity contribution in [1.82, 2.24) is 15.1 Å². The van der Waals surface area contributed by atoms with Gasteiger partial charge >= 0.3 is 6.03 Å². The van der Waals surface area contributed by atoms with Gasteiger partial charge in [0.1, 0.15) is 0 Å². The Labute approximate surface area is 176 Å². The third-order valence-electron chi connectivity index (χ3n) is 5.03. The van der Waals surface area contributed by atoms with Crippen molar-refractivity contribution in [2.24, 2.45) is 0 Å². The van der Waals surface area contributed by atoms with E-state index >= 15 is 0 Å². The van der Waals surface area contributed by atoms with Crippen molar-refractivity contribution in [2.45, 2.75) is 33.0 Å². The largest absolute Gasteiger partial charge is 0.336 e. The Hall–Kier alpha value is -2.57. The third-order valence-corrected chi connectivity index (χ3v) is 5.28. The van der Waals surface area contributed by atoms with E-state index in [0.717, 1.165) is 24.2 Å². The summed E-state index contributed by atoms with van der Waals surface area (Å²) in [6.45, 7) is 7.35. The zero-order valence-corrected chi connectivity index (χ0v) is 17.6. The lowest BCUT2D eigenvalue weighted by atomic mass is 10.1. The van der Waals surface area contributed by atoms with Gasteiger partial charge in [-0.3, -0.25) is 9.69 Å². The van der Waals surface area contributed by atoms with Gasteiger partial charge in [-0.15, -0.1) is 0 Å². The Morgan fingerprint density at radius 2 is 1.69 bits per heavy atom. The minimum Gasteiger partial charge on any atom is -0.336 e. The molecule has 1 heterocycles. The zero-order chi connectivity index (χ0) is 20.8. The number of anilines is 1. The summed E-state index contributed by atoms with van der Waals surface area (Å²) in [5, 5.41) is 6.30. The molecule has 3 rings (SSSR count). The molecule has 0 aliphatic carbocycles. The Morgan fingerprint density at radius 1 is 1.03 bits per heavy atom. The Balaban J connectivity index is 1.46. The molecule has 1 aliphatic rings. The molecule has 29 heavy (non-hydrogen) atoms. The number of halogens is 1. The summed E-state index contributed by atoms with van der Waals surface area (Å²) >= 11 is 5.86. The summed E-state index contributed by atoms with van der Waals surface area (Å²) in [7, 11) is 0. The van der Waals surface area contributed by atoms with E-state index < -0.39 is 0 Å². The van der Waals surface area contributed by atoms with E-state index in [0.29, 0.717) is 36.4 Å². The molecule has 154 valence electrons. The molecule has 0 atom stereocenters. The van der Waals surface area contributed by atoms with Crippen molar-refractivity contribution in [3.8, 4) is 0 Å². The van der Waals surface area contributed by atoms with Gasteiger partial charge in [0.2, 0.25) is 5.91 Å². The number of amides is 3. The van der Waals surface area contributed by atoms with Crippen LogP contribution in [0.4, 0.5) is 10.5 Å². The first-order chi connectivity index (χ1) is 13.9. The van der Waals surface area contributed by atoms with Crippen LogP contribution in [0, 0.1) is 0 Å². The summed E-state index contributed by atoms with van der Waals surface area (Å²) in [5.74, 6) is 0.161. The summed E-state index contributed by atoms with van der Waals surface area (Å²) < 4.78 is 0. The van der Waals surface area contributed by atoms with Gasteiger partial charge in [0, 0.05) is 42.9 Å². The minimum absolute atomic E-state index is 0.161. The molecule has 7 heteroatoms. The van der Waals surface area contributed by atoms with Crippen LogP contribution >= 0.6 is 11.6 Å². The number of urea groups is 1. The van der Waals surface area contributed by atoms with E-state index in [1.54, 1.807) is 12.1 Å². The predicted molar refractivity (Wildman–Crippen MR) is 116 cm³/mol. The molecular weight excluding hydrogens is 388 g/mol. The number of carbonyl (C=O) groups excluding carboxylic acids is 2. The van der Waals surface area contributed by atoms with Crippen molar-refractivity contribution >= 4 is 29.2 Å². The summed E-state index contributed by atoms with van der Waals surface area (Å²) in [4.78, 5) is 28.5. The molecule has 0 saturated carbocycles. The highest BCUT2D eigenvalue weighted by Crippen LogP contribution is 2.15. The zero-order valence-electron chi connectivity index (χ0n) is 16.8. The second-order valence-corrected chi connectivity index (χ2v) is 7.95. The molecule has 2 aromatic rings. The Kier molecular flexibility index (Phi) is 7.12. The van der Waals surface area contributed by atoms with E-state index in [4.69, 9.17) is 11.6 Å². The van der Waals surface area contributed by atoms with Crippen LogP contribution in [-0.2, 0) is 17.9 Å². The smallest absolute Gasteiger partial charge is 0.319 e. The summed E-state index contributed by atoms with van der Waals surface area (Å²) in [5.41, 5.74) is 2.73. The lowest BCUT2D eigenvalue weighted by Crippen LogP contribution is -2.51. The Morgan fingerprint density at radius 3 is 2.31 bits per heavy atom. The van der Waals surface area contributed by atoms with Gasteiger partial charge in [-0.05, 0) is 49.2 Å². The van der Waals surface area contributed by atoms with Gasteiger partial charge in [0.05, 0.1) is 6.54 Å². The molecule has 0 unspecified atom stereocenters. The highest BCUT2D eigenvalue weighted by Gasteiger charge is 2.25. The first-order valence-electron chi connectivity index (χ1n) is 9.81. The van der Waals surface area contributed by atoms with Gasteiger partial charge in [0.15, 0.2) is 0 Å². The van der Waals surface area contributed by atoms with Gasteiger partial charge in [-0.25, -0.2) is 4.79 Å². The molecule has 6 nitrogen and oxygen atoms in total.